The zero-order chi connectivity index (χ0) is 11.2. The molecule has 0 fully saturated rings. The van der Waals surface area contributed by atoms with Crippen molar-refractivity contribution in [1.82, 2.24) is 0 Å². The second-order valence-corrected chi connectivity index (χ2v) is 4.34. The lowest BCUT2D eigenvalue weighted by Gasteiger charge is -2.22. The minimum atomic E-state index is -0.824. The monoisotopic (exact) mass is 213 g/mol. The molecule has 1 aromatic carbocycles. The van der Waals surface area contributed by atoms with E-state index >= 15 is 0 Å². The molecule has 0 radical (unpaired) electrons. The Balaban J connectivity index is 2.70. The van der Waals surface area contributed by atoms with Gasteiger partial charge in [0.15, 0.2) is 11.6 Å². The molecule has 0 amide bonds. The van der Waals surface area contributed by atoms with E-state index in [0.717, 1.165) is 6.07 Å². The Morgan fingerprint density at radius 2 is 2.00 bits per heavy atom. The Bertz CT molecular complexity index is 410. The van der Waals surface area contributed by atoms with E-state index < -0.39 is 17.2 Å². The normalized spacial score (nSPS) is 15.0. The van der Waals surface area contributed by atoms with Crippen molar-refractivity contribution < 1.29 is 13.5 Å². The van der Waals surface area contributed by atoms with Crippen molar-refractivity contribution in [2.24, 2.45) is 5.73 Å². The maximum absolute atomic E-state index is 13.6. The summed E-state index contributed by atoms with van der Waals surface area (Å²) in [4.78, 5) is 0. The van der Waals surface area contributed by atoms with E-state index in [0.29, 0.717) is 24.2 Å². The second-order valence-electron chi connectivity index (χ2n) is 4.34. The zero-order valence-electron chi connectivity index (χ0n) is 8.73. The minimum Gasteiger partial charge on any atom is -0.490 e. The van der Waals surface area contributed by atoms with Gasteiger partial charge in [0.1, 0.15) is 5.82 Å². The average molecular weight is 213 g/mol. The van der Waals surface area contributed by atoms with Gasteiger partial charge in [0.2, 0.25) is 0 Å². The van der Waals surface area contributed by atoms with Gasteiger partial charge in [-0.1, -0.05) is 0 Å². The molecule has 4 heteroatoms. The van der Waals surface area contributed by atoms with Gasteiger partial charge in [0.05, 0.1) is 6.61 Å². The van der Waals surface area contributed by atoms with Crippen LogP contribution in [0.2, 0.25) is 0 Å². The van der Waals surface area contributed by atoms with Crippen LogP contribution in [0.15, 0.2) is 6.07 Å². The van der Waals surface area contributed by atoms with Crippen LogP contribution in [0.25, 0.3) is 0 Å². The van der Waals surface area contributed by atoms with E-state index in [-0.39, 0.29) is 5.75 Å². The third kappa shape index (κ3) is 1.59. The van der Waals surface area contributed by atoms with Crippen molar-refractivity contribution in [2.75, 3.05) is 6.61 Å². The minimum absolute atomic E-state index is 0.157. The average Bonchev–Trinajstić information content (AvgIpc) is 2.49. The number of fused-ring (bicyclic) bond motifs is 1. The number of hydrogen-bond acceptors (Lipinski definition) is 2. The molecule has 82 valence electrons. The first-order valence-corrected chi connectivity index (χ1v) is 4.84. The Hall–Kier alpha value is -1.16. The first-order chi connectivity index (χ1) is 6.91. The van der Waals surface area contributed by atoms with E-state index in [4.69, 9.17) is 10.5 Å². The summed E-state index contributed by atoms with van der Waals surface area (Å²) in [6, 6.07) is 0.841. The molecule has 2 N–H and O–H groups in total. The summed E-state index contributed by atoms with van der Waals surface area (Å²) in [6.07, 6.45) is 0.514. The molecule has 0 aromatic heterocycles. The molecule has 0 aliphatic carbocycles. The molecular formula is C11H13F2NO. The lowest BCUT2D eigenvalue weighted by Crippen LogP contribution is -2.31. The molecule has 2 rings (SSSR count). The Morgan fingerprint density at radius 3 is 2.60 bits per heavy atom. The van der Waals surface area contributed by atoms with Crippen molar-refractivity contribution in [3.63, 3.8) is 0 Å². The van der Waals surface area contributed by atoms with Crippen LogP contribution in [-0.4, -0.2) is 6.61 Å². The van der Waals surface area contributed by atoms with Gasteiger partial charge in [-0.2, -0.15) is 0 Å². The standard InChI is InChI=1S/C11H13F2NO/c1-11(2,14)9-6-3-4-15-10(6)8(13)5-7(9)12/h5H,3-4,14H2,1-2H3. The number of hydrogen-bond donors (Lipinski definition) is 1. The highest BCUT2D eigenvalue weighted by atomic mass is 19.1. The summed E-state index contributed by atoms with van der Waals surface area (Å²) < 4.78 is 32.1. The van der Waals surface area contributed by atoms with Crippen LogP contribution in [0.1, 0.15) is 25.0 Å². The van der Waals surface area contributed by atoms with Gasteiger partial charge in [-0.3, -0.25) is 0 Å². The van der Waals surface area contributed by atoms with Gasteiger partial charge in [-0.15, -0.1) is 0 Å². The first-order valence-electron chi connectivity index (χ1n) is 4.84. The van der Waals surface area contributed by atoms with Gasteiger partial charge in [0, 0.05) is 29.2 Å². The summed E-state index contributed by atoms with van der Waals surface area (Å²) >= 11 is 0. The number of rotatable bonds is 1. The van der Waals surface area contributed by atoms with Crippen LogP contribution in [-0.2, 0) is 12.0 Å². The molecule has 1 aliphatic heterocycles. The third-order valence-electron chi connectivity index (χ3n) is 2.53. The van der Waals surface area contributed by atoms with Crippen molar-refractivity contribution in [1.29, 1.82) is 0 Å². The molecule has 1 aromatic rings. The lowest BCUT2D eigenvalue weighted by atomic mass is 9.89. The molecule has 0 saturated carbocycles. The molecule has 0 unspecified atom stereocenters. The maximum Gasteiger partial charge on any atom is 0.168 e. The summed E-state index contributed by atoms with van der Waals surface area (Å²) in [7, 11) is 0. The maximum atomic E-state index is 13.6. The Labute approximate surface area is 87.0 Å². The van der Waals surface area contributed by atoms with E-state index in [9.17, 15) is 8.78 Å². The molecule has 0 saturated heterocycles. The summed E-state index contributed by atoms with van der Waals surface area (Å²) in [6.45, 7) is 3.78. The lowest BCUT2D eigenvalue weighted by molar-refractivity contribution is 0.338. The van der Waals surface area contributed by atoms with Crippen molar-refractivity contribution in [3.8, 4) is 5.75 Å². The smallest absolute Gasteiger partial charge is 0.168 e. The summed E-state index contributed by atoms with van der Waals surface area (Å²) in [5.41, 5.74) is 5.97. The molecule has 0 spiro atoms. The fourth-order valence-corrected chi connectivity index (χ4v) is 2.00. The van der Waals surface area contributed by atoms with Crippen LogP contribution in [0.5, 0.6) is 5.75 Å². The van der Waals surface area contributed by atoms with Gasteiger partial charge in [0.25, 0.3) is 0 Å². The van der Waals surface area contributed by atoms with Crippen LogP contribution >= 0.6 is 0 Å². The number of benzene rings is 1. The van der Waals surface area contributed by atoms with Gasteiger partial charge in [-0.05, 0) is 13.8 Å². The first kappa shape index (κ1) is 10.4. The van der Waals surface area contributed by atoms with Gasteiger partial charge in [-0.25, -0.2) is 8.78 Å². The number of ether oxygens (including phenoxy) is 1. The highest BCUT2D eigenvalue weighted by Gasteiger charge is 2.30. The van der Waals surface area contributed by atoms with Crippen LogP contribution < -0.4 is 10.5 Å². The van der Waals surface area contributed by atoms with E-state index in [1.165, 1.54) is 0 Å². The highest BCUT2D eigenvalue weighted by Crippen LogP contribution is 2.37. The molecule has 0 bridgehead atoms. The number of nitrogens with two attached hydrogens (primary N) is 1. The molecule has 1 heterocycles. The van der Waals surface area contributed by atoms with E-state index in [1.54, 1.807) is 13.8 Å². The van der Waals surface area contributed by atoms with E-state index in [1.807, 2.05) is 0 Å². The van der Waals surface area contributed by atoms with Crippen molar-refractivity contribution in [2.45, 2.75) is 25.8 Å². The predicted octanol–water partition coefficient (Wildman–Crippen LogP) is 2.09. The molecule has 1 aliphatic rings. The third-order valence-corrected chi connectivity index (χ3v) is 2.53. The van der Waals surface area contributed by atoms with Crippen molar-refractivity contribution >= 4 is 0 Å². The van der Waals surface area contributed by atoms with Crippen molar-refractivity contribution in [3.05, 3.63) is 28.8 Å². The van der Waals surface area contributed by atoms with Crippen LogP contribution in [0.3, 0.4) is 0 Å². The summed E-state index contributed by atoms with van der Waals surface area (Å²) in [5, 5.41) is 0. The molecule has 2 nitrogen and oxygen atoms in total. The second kappa shape index (κ2) is 3.17. The molecule has 0 atom stereocenters. The highest BCUT2D eigenvalue weighted by molar-refractivity contribution is 5.47. The summed E-state index contributed by atoms with van der Waals surface area (Å²) in [5.74, 6) is -1.08. The van der Waals surface area contributed by atoms with Gasteiger partial charge >= 0.3 is 0 Å². The molecule has 15 heavy (non-hydrogen) atoms. The zero-order valence-corrected chi connectivity index (χ0v) is 8.73. The fourth-order valence-electron chi connectivity index (χ4n) is 2.00. The Morgan fingerprint density at radius 1 is 1.33 bits per heavy atom. The number of halogens is 2. The van der Waals surface area contributed by atoms with Gasteiger partial charge < -0.3 is 10.5 Å². The van der Waals surface area contributed by atoms with Crippen LogP contribution in [0.4, 0.5) is 8.78 Å². The SMILES string of the molecule is CC(C)(N)c1c(F)cc(F)c2c1CCO2. The quantitative estimate of drug-likeness (QED) is 0.775. The van der Waals surface area contributed by atoms with Crippen LogP contribution in [0, 0.1) is 11.6 Å². The fraction of sp³-hybridized carbons (Fsp3) is 0.455. The topological polar surface area (TPSA) is 35.2 Å². The predicted molar refractivity (Wildman–Crippen MR) is 52.8 cm³/mol. The molecular weight excluding hydrogens is 200 g/mol. The largest absolute Gasteiger partial charge is 0.490 e. The Kier molecular flexibility index (Phi) is 2.19. The van der Waals surface area contributed by atoms with E-state index in [2.05, 4.69) is 0 Å².